The number of fused-ring (bicyclic) bond motifs is 1. The van der Waals surface area contributed by atoms with E-state index >= 15 is 0 Å². The quantitative estimate of drug-likeness (QED) is 0.440. The highest BCUT2D eigenvalue weighted by molar-refractivity contribution is 5.97. The Bertz CT molecular complexity index is 1310. The first-order valence-corrected chi connectivity index (χ1v) is 11.0. The van der Waals surface area contributed by atoms with Crippen molar-refractivity contribution in [1.29, 1.82) is 0 Å². The van der Waals surface area contributed by atoms with Gasteiger partial charge in [-0.05, 0) is 49.2 Å². The molecule has 32 heavy (non-hydrogen) atoms. The van der Waals surface area contributed by atoms with Crippen LogP contribution in [0.15, 0.2) is 66.7 Å². The van der Waals surface area contributed by atoms with E-state index in [1.54, 1.807) is 7.11 Å². The Morgan fingerprint density at radius 3 is 2.66 bits per heavy atom. The number of amides is 1. The predicted molar refractivity (Wildman–Crippen MR) is 127 cm³/mol. The second-order valence-corrected chi connectivity index (χ2v) is 8.55. The zero-order valence-electron chi connectivity index (χ0n) is 18.7. The summed E-state index contributed by atoms with van der Waals surface area (Å²) in [5, 5.41) is 0. The summed E-state index contributed by atoms with van der Waals surface area (Å²) >= 11 is 0. The molecule has 2 heterocycles. The molecule has 1 saturated heterocycles. The molecule has 1 fully saturated rings. The van der Waals surface area contributed by atoms with E-state index in [9.17, 15) is 4.79 Å². The average molecular weight is 426 g/mol. The van der Waals surface area contributed by atoms with Gasteiger partial charge >= 0.3 is 0 Å². The van der Waals surface area contributed by atoms with Crippen molar-refractivity contribution >= 4 is 22.6 Å². The molecule has 162 valence electrons. The lowest BCUT2D eigenvalue weighted by Gasteiger charge is -2.20. The minimum Gasteiger partial charge on any atom is -0.495 e. The molecule has 5 nitrogen and oxygen atoms in total. The van der Waals surface area contributed by atoms with E-state index in [1.807, 2.05) is 47.4 Å². The molecule has 5 heteroatoms. The molecule has 0 bridgehead atoms. The third-order valence-electron chi connectivity index (χ3n) is 6.38. The van der Waals surface area contributed by atoms with Crippen LogP contribution in [0.4, 0.5) is 5.69 Å². The maximum Gasteiger partial charge on any atom is 0.227 e. The molecule has 0 N–H and O–H groups in total. The Hall–Kier alpha value is -3.60. The molecule has 4 aromatic rings. The second-order valence-electron chi connectivity index (χ2n) is 8.55. The predicted octanol–water partition coefficient (Wildman–Crippen LogP) is 5.23. The number of para-hydroxylation sites is 4. The number of nitrogens with zero attached hydrogens (tertiary/aromatic N) is 3. The van der Waals surface area contributed by atoms with Crippen molar-refractivity contribution in [3.63, 3.8) is 0 Å². The second kappa shape index (κ2) is 8.15. The monoisotopic (exact) mass is 425 g/mol. The third-order valence-corrected chi connectivity index (χ3v) is 6.38. The van der Waals surface area contributed by atoms with Crippen molar-refractivity contribution in [3.8, 4) is 5.75 Å². The van der Waals surface area contributed by atoms with Crippen molar-refractivity contribution in [3.05, 3.63) is 89.2 Å². The maximum atomic E-state index is 13.0. The van der Waals surface area contributed by atoms with Gasteiger partial charge in [0.15, 0.2) is 0 Å². The summed E-state index contributed by atoms with van der Waals surface area (Å²) in [6, 6.07) is 22.5. The molecule has 1 amide bonds. The van der Waals surface area contributed by atoms with Crippen molar-refractivity contribution in [1.82, 2.24) is 9.55 Å². The van der Waals surface area contributed by atoms with Crippen molar-refractivity contribution in [2.24, 2.45) is 0 Å². The molecule has 5 rings (SSSR count). The van der Waals surface area contributed by atoms with Gasteiger partial charge in [0.1, 0.15) is 11.6 Å². The highest BCUT2D eigenvalue weighted by Gasteiger charge is 2.36. The summed E-state index contributed by atoms with van der Waals surface area (Å²) in [7, 11) is 1.64. The lowest BCUT2D eigenvalue weighted by atomic mass is 10.0. The molecule has 0 unspecified atom stereocenters. The Morgan fingerprint density at radius 2 is 1.81 bits per heavy atom. The van der Waals surface area contributed by atoms with Crippen LogP contribution in [-0.4, -0.2) is 29.1 Å². The summed E-state index contributed by atoms with van der Waals surface area (Å²) < 4.78 is 7.80. The molecule has 1 aromatic heterocycles. The van der Waals surface area contributed by atoms with Gasteiger partial charge in [-0.3, -0.25) is 4.79 Å². The van der Waals surface area contributed by atoms with E-state index in [1.165, 1.54) is 16.7 Å². The number of carbonyl (C=O) groups is 1. The van der Waals surface area contributed by atoms with Crippen LogP contribution >= 0.6 is 0 Å². The number of aryl methyl sites for hydroxylation is 2. The fourth-order valence-corrected chi connectivity index (χ4v) is 4.68. The minimum absolute atomic E-state index is 0.0185. The van der Waals surface area contributed by atoms with Crippen LogP contribution in [0.5, 0.6) is 5.75 Å². The molecule has 1 aliphatic rings. The molecular formula is C27H27N3O2. The highest BCUT2D eigenvalue weighted by atomic mass is 16.5. The normalized spacial score (nSPS) is 16.2. The van der Waals surface area contributed by atoms with Crippen LogP contribution in [0.2, 0.25) is 0 Å². The van der Waals surface area contributed by atoms with Gasteiger partial charge < -0.3 is 14.2 Å². The van der Waals surface area contributed by atoms with Gasteiger partial charge in [-0.1, -0.05) is 48.0 Å². The van der Waals surface area contributed by atoms with Gasteiger partial charge in [-0.2, -0.15) is 0 Å². The number of rotatable bonds is 5. The average Bonchev–Trinajstić information content (AvgIpc) is 3.37. The van der Waals surface area contributed by atoms with Crippen LogP contribution in [0.3, 0.4) is 0 Å². The topological polar surface area (TPSA) is 47.4 Å². The van der Waals surface area contributed by atoms with Crippen LogP contribution in [-0.2, 0) is 11.3 Å². The molecular weight excluding hydrogens is 398 g/mol. The lowest BCUT2D eigenvalue weighted by molar-refractivity contribution is -0.117. The highest BCUT2D eigenvalue weighted by Crippen LogP contribution is 2.37. The largest absolute Gasteiger partial charge is 0.495 e. The van der Waals surface area contributed by atoms with Gasteiger partial charge in [-0.15, -0.1) is 0 Å². The summed E-state index contributed by atoms with van der Waals surface area (Å²) in [6.45, 7) is 5.60. The third kappa shape index (κ3) is 3.54. The van der Waals surface area contributed by atoms with Gasteiger partial charge in [0.2, 0.25) is 5.91 Å². The first-order chi connectivity index (χ1) is 15.5. The van der Waals surface area contributed by atoms with Crippen LogP contribution in [0.25, 0.3) is 11.0 Å². The minimum atomic E-state index is 0.0185. The van der Waals surface area contributed by atoms with Gasteiger partial charge in [-0.25, -0.2) is 4.98 Å². The number of aromatic nitrogens is 2. The number of anilines is 1. The molecule has 1 aliphatic heterocycles. The summed E-state index contributed by atoms with van der Waals surface area (Å²) in [6.07, 6.45) is 0.439. The molecule has 0 aliphatic carbocycles. The van der Waals surface area contributed by atoms with Crippen molar-refractivity contribution in [2.75, 3.05) is 18.6 Å². The van der Waals surface area contributed by atoms with Crippen LogP contribution in [0.1, 0.15) is 34.9 Å². The standard InChI is InChI=1S/C27H27N3O2/c1-18-12-13-19(2)20(14-18)16-30-23-9-5-4-8-22(23)28-27(30)21-15-26(31)29(17-21)24-10-6-7-11-25(24)32-3/h4-14,21H,15-17H2,1-3H3/t21-/m0/s1. The number of benzene rings is 3. The van der Waals surface area contributed by atoms with E-state index in [0.717, 1.165) is 29.1 Å². The van der Waals surface area contributed by atoms with Crippen molar-refractivity contribution < 1.29 is 9.53 Å². The Balaban J connectivity index is 1.55. The Kier molecular flexibility index (Phi) is 5.17. The van der Waals surface area contributed by atoms with Gasteiger partial charge in [0.05, 0.1) is 23.8 Å². The molecule has 1 atom stereocenters. The number of hydrogen-bond acceptors (Lipinski definition) is 3. The van der Waals surface area contributed by atoms with Crippen molar-refractivity contribution in [2.45, 2.75) is 32.7 Å². The van der Waals surface area contributed by atoms with E-state index in [-0.39, 0.29) is 11.8 Å². The van der Waals surface area contributed by atoms with E-state index in [4.69, 9.17) is 9.72 Å². The van der Waals surface area contributed by atoms with Crippen LogP contribution < -0.4 is 9.64 Å². The zero-order valence-corrected chi connectivity index (χ0v) is 18.7. The summed E-state index contributed by atoms with van der Waals surface area (Å²) in [4.78, 5) is 19.9. The molecule has 0 radical (unpaired) electrons. The molecule has 0 saturated carbocycles. The zero-order chi connectivity index (χ0) is 22.2. The SMILES string of the molecule is COc1ccccc1N1C[C@@H](c2nc3ccccc3n2Cc2cc(C)ccc2C)CC1=O. The number of hydrogen-bond donors (Lipinski definition) is 0. The van der Waals surface area contributed by atoms with Gasteiger partial charge in [0, 0.05) is 25.4 Å². The Morgan fingerprint density at radius 1 is 1.03 bits per heavy atom. The molecule has 3 aromatic carbocycles. The smallest absolute Gasteiger partial charge is 0.227 e. The fourth-order valence-electron chi connectivity index (χ4n) is 4.68. The fraction of sp³-hybridized carbons (Fsp3) is 0.259. The number of imidazole rings is 1. The number of carbonyl (C=O) groups excluding carboxylic acids is 1. The molecule has 0 spiro atoms. The van der Waals surface area contributed by atoms with E-state index in [2.05, 4.69) is 42.7 Å². The van der Waals surface area contributed by atoms with Crippen LogP contribution in [0, 0.1) is 13.8 Å². The van der Waals surface area contributed by atoms with E-state index in [0.29, 0.717) is 18.7 Å². The summed E-state index contributed by atoms with van der Waals surface area (Å²) in [5.74, 6) is 1.80. The number of ether oxygens (including phenoxy) is 1. The van der Waals surface area contributed by atoms with E-state index < -0.39 is 0 Å². The van der Waals surface area contributed by atoms with Gasteiger partial charge in [0.25, 0.3) is 0 Å². The maximum absolute atomic E-state index is 13.0. The number of methoxy groups -OCH3 is 1. The first kappa shape index (κ1) is 20.3. The summed E-state index contributed by atoms with van der Waals surface area (Å²) in [5.41, 5.74) is 6.68. The lowest BCUT2D eigenvalue weighted by Crippen LogP contribution is -2.25. The Labute approximate surface area is 188 Å². The first-order valence-electron chi connectivity index (χ1n) is 11.0.